The standard InChI is InChI=1S/C9H18O4S/c1-3-13-8-4-6-9(2,7-5-8)14(10,11)12/h8H,3-7H2,1-2H3,(H,10,11,12). The third kappa shape index (κ3) is 2.46. The van der Waals surface area contributed by atoms with Crippen molar-refractivity contribution in [3.63, 3.8) is 0 Å². The third-order valence-electron chi connectivity index (χ3n) is 3.02. The van der Waals surface area contributed by atoms with E-state index in [9.17, 15) is 8.42 Å². The Morgan fingerprint density at radius 3 is 2.29 bits per heavy atom. The quantitative estimate of drug-likeness (QED) is 0.737. The van der Waals surface area contributed by atoms with Gasteiger partial charge in [0.15, 0.2) is 0 Å². The summed E-state index contributed by atoms with van der Waals surface area (Å²) in [5, 5.41) is 0. The highest BCUT2D eigenvalue weighted by atomic mass is 32.2. The number of rotatable bonds is 3. The van der Waals surface area contributed by atoms with Crippen molar-refractivity contribution < 1.29 is 17.7 Å². The molecule has 0 aromatic heterocycles. The minimum Gasteiger partial charge on any atom is -0.379 e. The first-order valence-electron chi connectivity index (χ1n) is 4.98. The summed E-state index contributed by atoms with van der Waals surface area (Å²) in [6, 6.07) is 0. The van der Waals surface area contributed by atoms with Crippen LogP contribution in [0.15, 0.2) is 0 Å². The Hall–Kier alpha value is -0.130. The maximum absolute atomic E-state index is 11.1. The van der Waals surface area contributed by atoms with Crippen LogP contribution in [0.3, 0.4) is 0 Å². The lowest BCUT2D eigenvalue weighted by atomic mass is 9.88. The summed E-state index contributed by atoms with van der Waals surface area (Å²) in [5.41, 5.74) is 0. The van der Waals surface area contributed by atoms with E-state index in [1.54, 1.807) is 6.92 Å². The van der Waals surface area contributed by atoms with Crippen LogP contribution in [0.1, 0.15) is 39.5 Å². The lowest BCUT2D eigenvalue weighted by molar-refractivity contribution is 0.0299. The summed E-state index contributed by atoms with van der Waals surface area (Å²) in [7, 11) is -3.92. The molecule has 1 aliphatic rings. The Balaban J connectivity index is 2.58. The topological polar surface area (TPSA) is 63.6 Å². The van der Waals surface area contributed by atoms with E-state index in [1.807, 2.05) is 6.92 Å². The van der Waals surface area contributed by atoms with Crippen molar-refractivity contribution in [2.45, 2.75) is 50.4 Å². The van der Waals surface area contributed by atoms with Crippen molar-refractivity contribution in [1.82, 2.24) is 0 Å². The highest BCUT2D eigenvalue weighted by molar-refractivity contribution is 7.87. The zero-order valence-electron chi connectivity index (χ0n) is 8.69. The lowest BCUT2D eigenvalue weighted by Crippen LogP contribution is -2.40. The fraction of sp³-hybridized carbons (Fsp3) is 1.00. The van der Waals surface area contributed by atoms with Gasteiger partial charge in [-0.3, -0.25) is 4.55 Å². The molecule has 1 saturated carbocycles. The molecule has 4 nitrogen and oxygen atoms in total. The van der Waals surface area contributed by atoms with Gasteiger partial charge in [0.25, 0.3) is 10.1 Å². The smallest absolute Gasteiger partial charge is 0.270 e. The second-order valence-electron chi connectivity index (χ2n) is 4.08. The van der Waals surface area contributed by atoms with Crippen LogP contribution in [-0.2, 0) is 14.9 Å². The first-order valence-corrected chi connectivity index (χ1v) is 6.42. The SMILES string of the molecule is CCOC1CCC(C)(S(=O)(=O)O)CC1. The van der Waals surface area contributed by atoms with Crippen LogP contribution in [-0.4, -0.2) is 30.4 Å². The minimum absolute atomic E-state index is 0.162. The van der Waals surface area contributed by atoms with E-state index in [1.165, 1.54) is 0 Å². The van der Waals surface area contributed by atoms with E-state index >= 15 is 0 Å². The maximum atomic E-state index is 11.1. The molecule has 84 valence electrons. The normalized spacial score (nSPS) is 34.4. The van der Waals surface area contributed by atoms with Gasteiger partial charge >= 0.3 is 0 Å². The molecule has 14 heavy (non-hydrogen) atoms. The molecule has 0 aromatic rings. The van der Waals surface area contributed by atoms with Gasteiger partial charge in [-0.05, 0) is 39.5 Å². The van der Waals surface area contributed by atoms with Gasteiger partial charge < -0.3 is 4.74 Å². The Kier molecular flexibility index (Phi) is 3.55. The molecule has 0 aromatic carbocycles. The molecule has 0 saturated heterocycles. The van der Waals surface area contributed by atoms with Gasteiger partial charge in [0.1, 0.15) is 0 Å². The average molecular weight is 222 g/mol. The Labute approximate surface area is 85.4 Å². The Morgan fingerprint density at radius 1 is 1.43 bits per heavy atom. The average Bonchev–Trinajstić information content (AvgIpc) is 2.08. The minimum atomic E-state index is -3.92. The van der Waals surface area contributed by atoms with Crippen molar-refractivity contribution in [2.75, 3.05) is 6.61 Å². The molecule has 0 radical (unpaired) electrons. The zero-order chi connectivity index (χ0) is 10.8. The fourth-order valence-electron chi connectivity index (χ4n) is 1.86. The number of hydrogen-bond acceptors (Lipinski definition) is 3. The molecule has 0 bridgehead atoms. The molecule has 1 rings (SSSR count). The molecule has 1 fully saturated rings. The molecular weight excluding hydrogens is 204 g/mol. The molecule has 0 aliphatic heterocycles. The summed E-state index contributed by atoms with van der Waals surface area (Å²) < 4.78 is 35.7. The first kappa shape index (κ1) is 11.9. The molecule has 1 N–H and O–H groups in total. The van der Waals surface area contributed by atoms with Crippen molar-refractivity contribution in [2.24, 2.45) is 0 Å². The summed E-state index contributed by atoms with van der Waals surface area (Å²) >= 11 is 0. The molecule has 0 heterocycles. The largest absolute Gasteiger partial charge is 0.379 e. The van der Waals surface area contributed by atoms with Crippen molar-refractivity contribution in [3.8, 4) is 0 Å². The van der Waals surface area contributed by atoms with Gasteiger partial charge in [-0.15, -0.1) is 0 Å². The van der Waals surface area contributed by atoms with Crippen LogP contribution in [0.5, 0.6) is 0 Å². The highest BCUT2D eigenvalue weighted by Crippen LogP contribution is 2.35. The van der Waals surface area contributed by atoms with Gasteiger partial charge in [0.2, 0.25) is 0 Å². The lowest BCUT2D eigenvalue weighted by Gasteiger charge is -2.34. The molecule has 5 heteroatoms. The predicted octanol–water partition coefficient (Wildman–Crippen LogP) is 1.61. The van der Waals surface area contributed by atoms with Crippen molar-refractivity contribution in [1.29, 1.82) is 0 Å². The van der Waals surface area contributed by atoms with Gasteiger partial charge in [0.05, 0.1) is 10.9 Å². The monoisotopic (exact) mass is 222 g/mol. The van der Waals surface area contributed by atoms with E-state index in [0.717, 1.165) is 0 Å². The van der Waals surface area contributed by atoms with E-state index in [0.29, 0.717) is 32.3 Å². The number of ether oxygens (including phenoxy) is 1. The van der Waals surface area contributed by atoms with Crippen LogP contribution < -0.4 is 0 Å². The number of hydrogen-bond donors (Lipinski definition) is 1. The van der Waals surface area contributed by atoms with E-state index in [-0.39, 0.29) is 6.10 Å². The maximum Gasteiger partial charge on any atom is 0.270 e. The third-order valence-corrected chi connectivity index (χ3v) is 4.67. The van der Waals surface area contributed by atoms with Gasteiger partial charge in [0, 0.05) is 6.61 Å². The van der Waals surface area contributed by atoms with Crippen molar-refractivity contribution >= 4 is 10.1 Å². The molecule has 0 amide bonds. The summed E-state index contributed by atoms with van der Waals surface area (Å²) in [5.74, 6) is 0. The summed E-state index contributed by atoms with van der Waals surface area (Å²) in [4.78, 5) is 0. The van der Waals surface area contributed by atoms with Crippen molar-refractivity contribution in [3.05, 3.63) is 0 Å². The van der Waals surface area contributed by atoms with Crippen LogP contribution in [0, 0.1) is 0 Å². The first-order chi connectivity index (χ1) is 6.39. The summed E-state index contributed by atoms with van der Waals surface area (Å²) in [6.45, 7) is 4.19. The summed E-state index contributed by atoms with van der Waals surface area (Å²) in [6.07, 6.45) is 2.55. The molecule has 0 spiro atoms. The van der Waals surface area contributed by atoms with Gasteiger partial charge in [-0.25, -0.2) is 0 Å². The predicted molar refractivity (Wildman–Crippen MR) is 53.8 cm³/mol. The zero-order valence-corrected chi connectivity index (χ0v) is 9.51. The van der Waals surface area contributed by atoms with Crippen LogP contribution >= 0.6 is 0 Å². The Bertz CT molecular complexity index is 275. The van der Waals surface area contributed by atoms with E-state index in [2.05, 4.69) is 0 Å². The molecule has 1 aliphatic carbocycles. The second-order valence-corrected chi connectivity index (χ2v) is 6.02. The van der Waals surface area contributed by atoms with E-state index in [4.69, 9.17) is 9.29 Å². The second kappa shape index (κ2) is 4.16. The molecular formula is C9H18O4S. The van der Waals surface area contributed by atoms with Gasteiger partial charge in [-0.1, -0.05) is 0 Å². The highest BCUT2D eigenvalue weighted by Gasteiger charge is 2.41. The molecule has 0 unspecified atom stereocenters. The molecule has 0 atom stereocenters. The van der Waals surface area contributed by atoms with Crippen LogP contribution in [0.25, 0.3) is 0 Å². The van der Waals surface area contributed by atoms with E-state index < -0.39 is 14.9 Å². The van der Waals surface area contributed by atoms with Crippen LogP contribution in [0.4, 0.5) is 0 Å². The fourth-order valence-corrected chi connectivity index (χ4v) is 2.61. The Morgan fingerprint density at radius 2 is 1.93 bits per heavy atom. The van der Waals surface area contributed by atoms with Crippen LogP contribution in [0.2, 0.25) is 0 Å². The van der Waals surface area contributed by atoms with Gasteiger partial charge in [-0.2, -0.15) is 8.42 Å².